The average Bonchev–Trinajstić information content (AvgIpc) is 2.39. The van der Waals surface area contributed by atoms with Crippen LogP contribution in [0.5, 0.6) is 5.75 Å². The molecule has 0 aliphatic rings. The lowest BCUT2D eigenvalue weighted by Gasteiger charge is -2.10. The molecule has 4 nitrogen and oxygen atoms in total. The minimum atomic E-state index is 0. The Morgan fingerprint density at radius 3 is 2.83 bits per heavy atom. The van der Waals surface area contributed by atoms with E-state index in [1.54, 1.807) is 20.2 Å². The van der Waals surface area contributed by atoms with Crippen molar-refractivity contribution in [3.05, 3.63) is 42.5 Å². The number of aliphatic imine (C=N–C) groups is 1. The molecule has 1 aromatic carbocycles. The standard InChI is InChI=1S/C13H19N3O.HI/c1-4-8-15-13(14-2)16-10-11-6-5-7-12(9-11)17-3;/h4-7,9H,1,8,10H2,2-3H3,(H2,14,15,16);1H. The Bertz CT molecular complexity index is 394. The van der Waals surface area contributed by atoms with Gasteiger partial charge in [0.15, 0.2) is 5.96 Å². The maximum atomic E-state index is 5.17. The molecule has 0 aliphatic heterocycles. The minimum Gasteiger partial charge on any atom is -0.497 e. The highest BCUT2D eigenvalue weighted by Crippen LogP contribution is 2.11. The highest BCUT2D eigenvalue weighted by molar-refractivity contribution is 14.0. The number of hydrogen-bond donors (Lipinski definition) is 2. The third-order valence-corrected chi connectivity index (χ3v) is 2.23. The zero-order chi connectivity index (χ0) is 12.5. The van der Waals surface area contributed by atoms with Gasteiger partial charge in [0.25, 0.3) is 0 Å². The third kappa shape index (κ3) is 5.90. The number of nitrogens with zero attached hydrogens (tertiary/aromatic N) is 1. The number of ether oxygens (including phenoxy) is 1. The first-order chi connectivity index (χ1) is 8.30. The first-order valence-electron chi connectivity index (χ1n) is 5.48. The molecule has 0 radical (unpaired) electrons. The van der Waals surface area contributed by atoms with E-state index in [-0.39, 0.29) is 24.0 Å². The molecule has 0 atom stereocenters. The number of rotatable bonds is 5. The number of benzene rings is 1. The van der Waals surface area contributed by atoms with Crippen LogP contribution in [0.15, 0.2) is 41.9 Å². The maximum absolute atomic E-state index is 5.17. The Morgan fingerprint density at radius 2 is 2.22 bits per heavy atom. The molecule has 1 rings (SSSR count). The van der Waals surface area contributed by atoms with E-state index in [1.807, 2.05) is 24.3 Å². The summed E-state index contributed by atoms with van der Waals surface area (Å²) >= 11 is 0. The highest BCUT2D eigenvalue weighted by atomic mass is 127. The summed E-state index contributed by atoms with van der Waals surface area (Å²) in [5.41, 5.74) is 1.14. The summed E-state index contributed by atoms with van der Waals surface area (Å²) in [6, 6.07) is 7.92. The van der Waals surface area contributed by atoms with Crippen LogP contribution in [-0.2, 0) is 6.54 Å². The molecule has 0 saturated carbocycles. The summed E-state index contributed by atoms with van der Waals surface area (Å²) in [4.78, 5) is 4.10. The fourth-order valence-electron chi connectivity index (χ4n) is 1.36. The second-order valence-electron chi connectivity index (χ2n) is 3.45. The van der Waals surface area contributed by atoms with Crippen LogP contribution < -0.4 is 15.4 Å². The smallest absolute Gasteiger partial charge is 0.191 e. The normalized spacial score (nSPS) is 10.2. The van der Waals surface area contributed by atoms with Crippen LogP contribution in [0, 0.1) is 0 Å². The van der Waals surface area contributed by atoms with Gasteiger partial charge in [-0.1, -0.05) is 18.2 Å². The van der Waals surface area contributed by atoms with Gasteiger partial charge in [0.1, 0.15) is 5.75 Å². The van der Waals surface area contributed by atoms with Crippen molar-refractivity contribution in [3.8, 4) is 5.75 Å². The molecule has 18 heavy (non-hydrogen) atoms. The number of methoxy groups -OCH3 is 1. The molecule has 0 spiro atoms. The van der Waals surface area contributed by atoms with Gasteiger partial charge in [-0.3, -0.25) is 4.99 Å². The second-order valence-corrected chi connectivity index (χ2v) is 3.45. The SMILES string of the molecule is C=CCNC(=NC)NCc1cccc(OC)c1.I. The topological polar surface area (TPSA) is 45.7 Å². The van der Waals surface area contributed by atoms with Gasteiger partial charge in [0.05, 0.1) is 7.11 Å². The molecule has 1 aromatic rings. The Morgan fingerprint density at radius 1 is 1.44 bits per heavy atom. The minimum absolute atomic E-state index is 0. The second kappa shape index (κ2) is 9.76. The van der Waals surface area contributed by atoms with Crippen molar-refractivity contribution in [2.45, 2.75) is 6.54 Å². The molecule has 0 heterocycles. The molecule has 2 N–H and O–H groups in total. The predicted octanol–water partition coefficient (Wildman–Crippen LogP) is 2.16. The van der Waals surface area contributed by atoms with Crippen LogP contribution in [-0.4, -0.2) is 26.7 Å². The lowest BCUT2D eigenvalue weighted by atomic mass is 10.2. The first kappa shape index (κ1) is 16.8. The molecule has 5 heteroatoms. The summed E-state index contributed by atoms with van der Waals surface area (Å²) < 4.78 is 5.17. The van der Waals surface area contributed by atoms with Crippen molar-refractivity contribution in [3.63, 3.8) is 0 Å². The van der Waals surface area contributed by atoms with Gasteiger partial charge in [-0.15, -0.1) is 30.6 Å². The summed E-state index contributed by atoms with van der Waals surface area (Å²) in [7, 11) is 3.40. The summed E-state index contributed by atoms with van der Waals surface area (Å²) in [6.45, 7) is 5.04. The quantitative estimate of drug-likeness (QED) is 0.366. The summed E-state index contributed by atoms with van der Waals surface area (Å²) in [5.74, 6) is 1.62. The lowest BCUT2D eigenvalue weighted by molar-refractivity contribution is 0.414. The maximum Gasteiger partial charge on any atom is 0.191 e. The van der Waals surface area contributed by atoms with E-state index in [4.69, 9.17) is 4.74 Å². The van der Waals surface area contributed by atoms with Crippen LogP contribution >= 0.6 is 24.0 Å². The van der Waals surface area contributed by atoms with E-state index >= 15 is 0 Å². The van der Waals surface area contributed by atoms with Crippen LogP contribution in [0.25, 0.3) is 0 Å². The van der Waals surface area contributed by atoms with Crippen molar-refractivity contribution < 1.29 is 4.74 Å². The molecular weight excluding hydrogens is 341 g/mol. The molecule has 0 aromatic heterocycles. The van der Waals surface area contributed by atoms with E-state index in [0.717, 1.165) is 17.3 Å². The van der Waals surface area contributed by atoms with Gasteiger partial charge in [-0.2, -0.15) is 0 Å². The van der Waals surface area contributed by atoms with E-state index in [0.29, 0.717) is 13.1 Å². The molecule has 0 amide bonds. The number of guanidine groups is 1. The molecular formula is C13H20IN3O. The molecule has 0 unspecified atom stereocenters. The van der Waals surface area contributed by atoms with Crippen molar-refractivity contribution in [2.24, 2.45) is 4.99 Å². The van der Waals surface area contributed by atoms with Gasteiger partial charge in [0.2, 0.25) is 0 Å². The van der Waals surface area contributed by atoms with E-state index in [1.165, 1.54) is 0 Å². The Labute approximate surface area is 126 Å². The number of nitrogens with one attached hydrogen (secondary N) is 2. The Hall–Kier alpha value is -1.24. The van der Waals surface area contributed by atoms with Crippen LogP contribution in [0.4, 0.5) is 0 Å². The van der Waals surface area contributed by atoms with E-state index in [9.17, 15) is 0 Å². The lowest BCUT2D eigenvalue weighted by Crippen LogP contribution is -2.36. The monoisotopic (exact) mass is 361 g/mol. The zero-order valence-electron chi connectivity index (χ0n) is 10.8. The van der Waals surface area contributed by atoms with Gasteiger partial charge in [-0.05, 0) is 17.7 Å². The fourth-order valence-corrected chi connectivity index (χ4v) is 1.36. The fraction of sp³-hybridized carbons (Fsp3) is 0.308. The number of halogens is 1. The van der Waals surface area contributed by atoms with Crippen molar-refractivity contribution in [1.82, 2.24) is 10.6 Å². The summed E-state index contributed by atoms with van der Waals surface area (Å²) in [6.07, 6.45) is 1.79. The van der Waals surface area contributed by atoms with Gasteiger partial charge < -0.3 is 15.4 Å². The largest absolute Gasteiger partial charge is 0.497 e. The van der Waals surface area contributed by atoms with Crippen LogP contribution in [0.1, 0.15) is 5.56 Å². The van der Waals surface area contributed by atoms with E-state index in [2.05, 4.69) is 22.2 Å². The molecule has 0 bridgehead atoms. The molecule has 0 aliphatic carbocycles. The first-order valence-corrected chi connectivity index (χ1v) is 5.48. The third-order valence-electron chi connectivity index (χ3n) is 2.23. The molecule has 0 fully saturated rings. The van der Waals surface area contributed by atoms with Crippen molar-refractivity contribution in [1.29, 1.82) is 0 Å². The predicted molar refractivity (Wildman–Crippen MR) is 86.8 cm³/mol. The number of hydrogen-bond acceptors (Lipinski definition) is 2. The van der Waals surface area contributed by atoms with Crippen molar-refractivity contribution >= 4 is 29.9 Å². The Balaban J connectivity index is 0.00000289. The van der Waals surface area contributed by atoms with E-state index < -0.39 is 0 Å². The average molecular weight is 361 g/mol. The highest BCUT2D eigenvalue weighted by Gasteiger charge is 1.98. The molecule has 100 valence electrons. The Kier molecular flexibility index (Phi) is 9.08. The van der Waals surface area contributed by atoms with Crippen molar-refractivity contribution in [2.75, 3.05) is 20.7 Å². The van der Waals surface area contributed by atoms with Gasteiger partial charge in [-0.25, -0.2) is 0 Å². The molecule has 0 saturated heterocycles. The van der Waals surface area contributed by atoms with Gasteiger partial charge in [0, 0.05) is 20.1 Å². The van der Waals surface area contributed by atoms with Crippen LogP contribution in [0.3, 0.4) is 0 Å². The van der Waals surface area contributed by atoms with Gasteiger partial charge >= 0.3 is 0 Å². The zero-order valence-corrected chi connectivity index (χ0v) is 13.1. The summed E-state index contributed by atoms with van der Waals surface area (Å²) in [5, 5.41) is 6.31. The van der Waals surface area contributed by atoms with Crippen LogP contribution in [0.2, 0.25) is 0 Å².